The van der Waals surface area contributed by atoms with E-state index in [2.05, 4.69) is 11.7 Å². The molecule has 0 amide bonds. The van der Waals surface area contributed by atoms with Gasteiger partial charge in [0.25, 0.3) is 0 Å². The monoisotopic (exact) mass is 508 g/mol. The Balaban J connectivity index is 3.47. The molecular formula is C26H53O7P. The van der Waals surface area contributed by atoms with Gasteiger partial charge in [0.2, 0.25) is 0 Å². The van der Waals surface area contributed by atoms with Crippen LogP contribution in [0.1, 0.15) is 117 Å². The minimum atomic E-state index is -4.03. The number of unbranched alkanes of at least 4 members (excludes halogenated alkanes) is 15. The van der Waals surface area contributed by atoms with Gasteiger partial charge in [0, 0.05) is 13.7 Å². The van der Waals surface area contributed by atoms with E-state index in [1.165, 1.54) is 97.0 Å². The molecule has 0 bridgehead atoms. The summed E-state index contributed by atoms with van der Waals surface area (Å²) in [5.41, 5.74) is 0. The second-order valence-corrected chi connectivity index (χ2v) is 11.0. The lowest BCUT2D eigenvalue weighted by atomic mass is 10.0. The van der Waals surface area contributed by atoms with E-state index >= 15 is 0 Å². The molecule has 1 N–H and O–H groups in total. The van der Waals surface area contributed by atoms with E-state index in [1.54, 1.807) is 6.92 Å². The first kappa shape index (κ1) is 33.5. The van der Waals surface area contributed by atoms with Crippen molar-refractivity contribution < 1.29 is 33.0 Å². The van der Waals surface area contributed by atoms with Gasteiger partial charge in [-0.05, 0) is 13.3 Å². The molecule has 0 aromatic heterocycles. The molecule has 1 unspecified atom stereocenters. The molecule has 0 heterocycles. The van der Waals surface area contributed by atoms with Crippen LogP contribution >= 0.6 is 7.60 Å². The first-order valence-electron chi connectivity index (χ1n) is 13.7. The Labute approximate surface area is 209 Å². The van der Waals surface area contributed by atoms with Crippen molar-refractivity contribution >= 4 is 13.6 Å². The maximum atomic E-state index is 11.9. The van der Waals surface area contributed by atoms with Crippen molar-refractivity contribution in [2.45, 2.75) is 123 Å². The summed E-state index contributed by atoms with van der Waals surface area (Å²) >= 11 is 0. The van der Waals surface area contributed by atoms with Gasteiger partial charge in [-0.2, -0.15) is 0 Å². The second kappa shape index (κ2) is 24.2. The SMILES string of the molecule is CCCCCCCCCCCCCCCCCCOC[C@@H](COP(=O)(O)CC(=O)OCC)OC. The standard InChI is InChI=1S/C26H53O7P/c1-4-6-7-8-9-10-11-12-13-14-15-16-17-18-19-20-21-31-22-25(30-3)23-33-34(28,29)24-26(27)32-5-2/h25H,4-24H2,1-3H3,(H,28,29)/t25-/m0/s1. The topological polar surface area (TPSA) is 91.3 Å². The van der Waals surface area contributed by atoms with Crippen LogP contribution in [-0.4, -0.2) is 56.7 Å². The van der Waals surface area contributed by atoms with Crippen LogP contribution in [-0.2, 0) is 28.1 Å². The van der Waals surface area contributed by atoms with Gasteiger partial charge in [-0.3, -0.25) is 9.36 Å². The van der Waals surface area contributed by atoms with Crippen molar-refractivity contribution in [2.24, 2.45) is 0 Å². The van der Waals surface area contributed by atoms with Crippen LogP contribution in [0.4, 0.5) is 0 Å². The Morgan fingerprint density at radius 2 is 1.24 bits per heavy atom. The number of carbonyl (C=O) groups is 1. The number of hydrogen-bond donors (Lipinski definition) is 1. The minimum Gasteiger partial charge on any atom is -0.466 e. The van der Waals surface area contributed by atoms with Crippen molar-refractivity contribution in [3.8, 4) is 0 Å². The van der Waals surface area contributed by atoms with Crippen LogP contribution in [0, 0.1) is 0 Å². The summed E-state index contributed by atoms with van der Waals surface area (Å²) in [7, 11) is -2.53. The van der Waals surface area contributed by atoms with Crippen molar-refractivity contribution in [1.29, 1.82) is 0 Å². The largest absolute Gasteiger partial charge is 0.466 e. The zero-order valence-corrected chi connectivity index (χ0v) is 23.2. The lowest BCUT2D eigenvalue weighted by molar-refractivity contribution is -0.140. The smallest absolute Gasteiger partial charge is 0.339 e. The van der Waals surface area contributed by atoms with Crippen molar-refractivity contribution in [3.63, 3.8) is 0 Å². The third-order valence-electron chi connectivity index (χ3n) is 5.88. The average Bonchev–Trinajstić information content (AvgIpc) is 2.80. The maximum absolute atomic E-state index is 11.9. The fourth-order valence-electron chi connectivity index (χ4n) is 3.77. The molecule has 0 rings (SSSR count). The van der Waals surface area contributed by atoms with Crippen LogP contribution in [0.15, 0.2) is 0 Å². The molecule has 2 atom stereocenters. The Hall–Kier alpha value is -0.460. The van der Waals surface area contributed by atoms with E-state index in [9.17, 15) is 14.3 Å². The van der Waals surface area contributed by atoms with E-state index in [-0.39, 0.29) is 19.8 Å². The highest BCUT2D eigenvalue weighted by molar-refractivity contribution is 7.53. The van der Waals surface area contributed by atoms with Gasteiger partial charge in [0.05, 0.1) is 19.8 Å². The van der Waals surface area contributed by atoms with Crippen LogP contribution in [0.2, 0.25) is 0 Å². The van der Waals surface area contributed by atoms with Gasteiger partial charge >= 0.3 is 13.6 Å². The van der Waals surface area contributed by atoms with Gasteiger partial charge in [0.15, 0.2) is 0 Å². The number of ether oxygens (including phenoxy) is 3. The first-order chi connectivity index (χ1) is 16.4. The molecular weight excluding hydrogens is 455 g/mol. The third-order valence-corrected chi connectivity index (χ3v) is 7.09. The fourth-order valence-corrected chi connectivity index (χ4v) is 4.67. The fraction of sp³-hybridized carbons (Fsp3) is 0.962. The van der Waals surface area contributed by atoms with Gasteiger partial charge in [-0.25, -0.2) is 0 Å². The zero-order chi connectivity index (χ0) is 25.3. The predicted molar refractivity (Wildman–Crippen MR) is 138 cm³/mol. The van der Waals surface area contributed by atoms with E-state index < -0.39 is 25.8 Å². The van der Waals surface area contributed by atoms with Gasteiger partial charge in [0.1, 0.15) is 12.3 Å². The highest BCUT2D eigenvalue weighted by atomic mass is 31.2. The summed E-state index contributed by atoms with van der Waals surface area (Å²) < 4.78 is 32.4. The van der Waals surface area contributed by atoms with E-state index in [4.69, 9.17) is 14.0 Å². The van der Waals surface area contributed by atoms with E-state index in [0.29, 0.717) is 6.61 Å². The molecule has 204 valence electrons. The summed E-state index contributed by atoms with van der Waals surface area (Å²) in [6, 6.07) is 0. The second-order valence-electron chi connectivity index (χ2n) is 9.13. The highest BCUT2D eigenvalue weighted by Crippen LogP contribution is 2.41. The number of carbonyl (C=O) groups excluding carboxylic acids is 1. The van der Waals surface area contributed by atoms with Gasteiger partial charge in [-0.15, -0.1) is 0 Å². The molecule has 0 aromatic rings. The third kappa shape index (κ3) is 23.3. The van der Waals surface area contributed by atoms with Crippen molar-refractivity contribution in [3.05, 3.63) is 0 Å². The van der Waals surface area contributed by atoms with Gasteiger partial charge in [-0.1, -0.05) is 103 Å². The molecule has 0 saturated carbocycles. The molecule has 0 aliphatic rings. The molecule has 0 radical (unpaired) electrons. The number of rotatable bonds is 26. The van der Waals surface area contributed by atoms with E-state index in [1.807, 2.05) is 0 Å². The Bertz CT molecular complexity index is 502. The summed E-state index contributed by atoms with van der Waals surface area (Å²) in [5, 5.41) is 0. The molecule has 0 fully saturated rings. The number of methoxy groups -OCH3 is 1. The molecule has 0 aromatic carbocycles. The Kier molecular flexibility index (Phi) is 23.9. The average molecular weight is 509 g/mol. The number of hydrogen-bond acceptors (Lipinski definition) is 6. The van der Waals surface area contributed by atoms with Gasteiger partial charge < -0.3 is 23.6 Å². The van der Waals surface area contributed by atoms with E-state index in [0.717, 1.165) is 12.8 Å². The summed E-state index contributed by atoms with van der Waals surface area (Å²) in [6.07, 6.45) is 20.2. The normalized spacial score (nSPS) is 14.1. The first-order valence-corrected chi connectivity index (χ1v) is 15.4. The molecule has 0 saturated heterocycles. The maximum Gasteiger partial charge on any atom is 0.339 e. The molecule has 0 spiro atoms. The van der Waals surface area contributed by atoms with Crippen LogP contribution in [0.3, 0.4) is 0 Å². The van der Waals surface area contributed by atoms with Crippen LogP contribution < -0.4 is 0 Å². The molecule has 0 aliphatic carbocycles. The Morgan fingerprint density at radius 3 is 1.68 bits per heavy atom. The van der Waals surface area contributed by atoms with Crippen LogP contribution in [0.25, 0.3) is 0 Å². The number of esters is 1. The van der Waals surface area contributed by atoms with Crippen molar-refractivity contribution in [2.75, 3.05) is 39.7 Å². The zero-order valence-electron chi connectivity index (χ0n) is 22.3. The quantitative estimate of drug-likeness (QED) is 0.0761. The lowest BCUT2D eigenvalue weighted by Gasteiger charge is -2.18. The van der Waals surface area contributed by atoms with Crippen molar-refractivity contribution in [1.82, 2.24) is 0 Å². The molecule has 7 nitrogen and oxygen atoms in total. The molecule has 8 heteroatoms. The molecule has 34 heavy (non-hydrogen) atoms. The predicted octanol–water partition coefficient (Wildman–Crippen LogP) is 7.04. The summed E-state index contributed by atoms with van der Waals surface area (Å²) in [5.74, 6) is -0.748. The molecule has 0 aliphatic heterocycles. The summed E-state index contributed by atoms with van der Waals surface area (Å²) in [6.45, 7) is 4.88. The summed E-state index contributed by atoms with van der Waals surface area (Å²) in [4.78, 5) is 21.1. The Morgan fingerprint density at radius 1 is 0.765 bits per heavy atom. The highest BCUT2D eigenvalue weighted by Gasteiger charge is 2.26. The minimum absolute atomic E-state index is 0.108. The van der Waals surface area contributed by atoms with Crippen LogP contribution in [0.5, 0.6) is 0 Å². The lowest BCUT2D eigenvalue weighted by Crippen LogP contribution is -2.25.